The number of fused-ring (bicyclic) bond motifs is 1. The van der Waals surface area contributed by atoms with Gasteiger partial charge in [0.1, 0.15) is 5.52 Å². The lowest BCUT2D eigenvalue weighted by molar-refractivity contribution is -0.641. The summed E-state index contributed by atoms with van der Waals surface area (Å²) in [6.45, 7) is 8.21. The predicted molar refractivity (Wildman–Crippen MR) is 91.3 cm³/mol. The van der Waals surface area contributed by atoms with E-state index < -0.39 is 0 Å². The molecule has 0 fully saturated rings. The van der Waals surface area contributed by atoms with Crippen molar-refractivity contribution in [1.82, 2.24) is 15.0 Å². The first kappa shape index (κ1) is 18.4. The summed E-state index contributed by atoms with van der Waals surface area (Å²) in [5.74, 6) is 0.386. The SMILES string of the molecule is CCCN(CCC)CCNc1nc2ccccc2[n+]([O-])n1.Cl. The summed E-state index contributed by atoms with van der Waals surface area (Å²) in [7, 11) is 0. The van der Waals surface area contributed by atoms with E-state index in [9.17, 15) is 5.21 Å². The molecule has 0 atom stereocenters. The molecule has 2 aromatic rings. The molecule has 1 N–H and O–H groups in total. The van der Waals surface area contributed by atoms with E-state index in [0.717, 1.165) is 39.0 Å². The molecule has 0 aliphatic rings. The van der Waals surface area contributed by atoms with Crippen LogP contribution in [0.25, 0.3) is 11.0 Å². The van der Waals surface area contributed by atoms with Crippen molar-refractivity contribution >= 4 is 29.4 Å². The van der Waals surface area contributed by atoms with Crippen LogP contribution in [0.4, 0.5) is 5.95 Å². The Bertz CT molecular complexity index is 575. The van der Waals surface area contributed by atoms with Crippen LogP contribution in [0.5, 0.6) is 0 Å². The van der Waals surface area contributed by atoms with Crippen LogP contribution in [-0.2, 0) is 0 Å². The zero-order valence-corrected chi connectivity index (χ0v) is 14.0. The van der Waals surface area contributed by atoms with Gasteiger partial charge in [0, 0.05) is 19.2 Å². The van der Waals surface area contributed by atoms with E-state index in [0.29, 0.717) is 21.8 Å². The van der Waals surface area contributed by atoms with Crippen LogP contribution in [0.15, 0.2) is 24.3 Å². The largest absolute Gasteiger partial charge is 0.594 e. The van der Waals surface area contributed by atoms with Crippen molar-refractivity contribution in [3.8, 4) is 0 Å². The molecule has 0 unspecified atom stereocenters. The number of para-hydroxylation sites is 2. The minimum absolute atomic E-state index is 0. The lowest BCUT2D eigenvalue weighted by Crippen LogP contribution is -2.35. The molecule has 6 nitrogen and oxygen atoms in total. The maximum atomic E-state index is 11.8. The predicted octanol–water partition coefficient (Wildman–Crippen LogP) is 2.22. The van der Waals surface area contributed by atoms with Crippen LogP contribution >= 0.6 is 12.4 Å². The number of aromatic nitrogens is 3. The molecule has 0 saturated carbocycles. The van der Waals surface area contributed by atoms with E-state index in [-0.39, 0.29) is 12.4 Å². The number of hydrogen-bond donors (Lipinski definition) is 1. The second-order valence-electron chi connectivity index (χ2n) is 5.07. The van der Waals surface area contributed by atoms with Gasteiger partial charge in [-0.15, -0.1) is 12.4 Å². The lowest BCUT2D eigenvalue weighted by Gasteiger charge is -2.20. The standard InChI is InChI=1S/C15H23N5O.ClH/c1-3-10-19(11-4-2)12-9-16-15-17-13-7-5-6-8-14(13)20(21)18-15;/h5-8H,3-4,9-12H2,1-2H3,(H,16,17,18);1H. The van der Waals surface area contributed by atoms with Gasteiger partial charge in [-0.05, 0) is 36.8 Å². The fraction of sp³-hybridized carbons (Fsp3) is 0.533. The highest BCUT2D eigenvalue weighted by molar-refractivity contribution is 5.85. The second kappa shape index (κ2) is 9.38. The number of halogens is 1. The summed E-state index contributed by atoms with van der Waals surface area (Å²) in [5.41, 5.74) is 1.14. The first-order valence-electron chi connectivity index (χ1n) is 7.57. The molecule has 2 rings (SSSR count). The summed E-state index contributed by atoms with van der Waals surface area (Å²) >= 11 is 0. The summed E-state index contributed by atoms with van der Waals surface area (Å²) < 4.78 is 0. The first-order chi connectivity index (χ1) is 10.2. The molecule has 0 spiro atoms. The first-order valence-corrected chi connectivity index (χ1v) is 7.57. The molecule has 122 valence electrons. The van der Waals surface area contributed by atoms with E-state index in [4.69, 9.17) is 0 Å². The number of nitrogens with one attached hydrogen (secondary N) is 1. The van der Waals surface area contributed by atoms with E-state index in [1.807, 2.05) is 12.1 Å². The second-order valence-corrected chi connectivity index (χ2v) is 5.07. The molecular formula is C15H24ClN5O. The fourth-order valence-corrected chi connectivity index (χ4v) is 2.37. The quantitative estimate of drug-likeness (QED) is 0.595. The summed E-state index contributed by atoms with van der Waals surface area (Å²) in [5, 5.41) is 18.9. The Hall–Kier alpha value is -1.66. The Morgan fingerprint density at radius 3 is 2.50 bits per heavy atom. The zero-order chi connectivity index (χ0) is 15.1. The average Bonchev–Trinajstić information content (AvgIpc) is 2.48. The molecule has 0 aliphatic heterocycles. The van der Waals surface area contributed by atoms with Crippen molar-refractivity contribution < 1.29 is 4.85 Å². The van der Waals surface area contributed by atoms with Crippen LogP contribution in [-0.4, -0.2) is 41.2 Å². The van der Waals surface area contributed by atoms with E-state index in [1.165, 1.54) is 0 Å². The maximum absolute atomic E-state index is 11.8. The third-order valence-corrected chi connectivity index (χ3v) is 3.29. The highest BCUT2D eigenvalue weighted by Gasteiger charge is 2.10. The molecule has 0 bridgehead atoms. The van der Waals surface area contributed by atoms with Crippen molar-refractivity contribution in [1.29, 1.82) is 0 Å². The van der Waals surface area contributed by atoms with E-state index in [2.05, 4.69) is 34.1 Å². The molecule has 0 radical (unpaired) electrons. The molecule has 1 aromatic heterocycles. The Morgan fingerprint density at radius 2 is 1.82 bits per heavy atom. The molecule has 0 saturated heterocycles. The number of anilines is 1. The van der Waals surface area contributed by atoms with Crippen LogP contribution < -0.4 is 10.2 Å². The highest BCUT2D eigenvalue weighted by atomic mass is 35.5. The van der Waals surface area contributed by atoms with E-state index in [1.54, 1.807) is 12.1 Å². The minimum Gasteiger partial charge on any atom is -0.594 e. The molecule has 1 aromatic carbocycles. The Labute approximate surface area is 137 Å². The molecule has 22 heavy (non-hydrogen) atoms. The Kier molecular flexibility index (Phi) is 7.84. The smallest absolute Gasteiger partial charge is 0.290 e. The van der Waals surface area contributed by atoms with Crippen molar-refractivity contribution in [2.45, 2.75) is 26.7 Å². The van der Waals surface area contributed by atoms with E-state index >= 15 is 0 Å². The molecule has 0 amide bonds. The lowest BCUT2D eigenvalue weighted by atomic mass is 10.3. The average molecular weight is 326 g/mol. The van der Waals surface area contributed by atoms with Crippen molar-refractivity contribution in [2.24, 2.45) is 0 Å². The van der Waals surface area contributed by atoms with Gasteiger partial charge in [0.2, 0.25) is 0 Å². The highest BCUT2D eigenvalue weighted by Crippen LogP contribution is 2.07. The van der Waals surface area contributed by atoms with Gasteiger partial charge in [-0.2, -0.15) is 0 Å². The topological polar surface area (TPSA) is 68.0 Å². The van der Waals surface area contributed by atoms with Crippen LogP contribution in [0.2, 0.25) is 0 Å². The third kappa shape index (κ3) is 4.96. The van der Waals surface area contributed by atoms with Gasteiger partial charge in [0.25, 0.3) is 11.5 Å². The third-order valence-electron chi connectivity index (χ3n) is 3.29. The van der Waals surface area contributed by atoms with Crippen molar-refractivity contribution in [3.05, 3.63) is 29.5 Å². The molecule has 7 heteroatoms. The number of hydrogen-bond acceptors (Lipinski definition) is 5. The number of nitrogens with zero attached hydrogens (tertiary/aromatic N) is 4. The Morgan fingerprint density at radius 1 is 1.14 bits per heavy atom. The van der Waals surface area contributed by atoms with Gasteiger partial charge >= 0.3 is 0 Å². The normalized spacial score (nSPS) is 10.7. The number of rotatable bonds is 8. The van der Waals surface area contributed by atoms with Crippen molar-refractivity contribution in [3.63, 3.8) is 0 Å². The summed E-state index contributed by atoms with van der Waals surface area (Å²) in [6, 6.07) is 7.21. The van der Waals surface area contributed by atoms with Gasteiger partial charge in [-0.25, -0.2) is 4.98 Å². The molecule has 0 aliphatic carbocycles. The minimum atomic E-state index is 0. The van der Waals surface area contributed by atoms with Crippen LogP contribution in [0.3, 0.4) is 0 Å². The van der Waals surface area contributed by atoms with Gasteiger partial charge in [0.05, 0.1) is 5.10 Å². The molecule has 1 heterocycles. The van der Waals surface area contributed by atoms with Gasteiger partial charge in [-0.3, -0.25) is 0 Å². The van der Waals surface area contributed by atoms with Gasteiger partial charge in [-0.1, -0.05) is 26.0 Å². The summed E-state index contributed by atoms with van der Waals surface area (Å²) in [6.07, 6.45) is 2.29. The zero-order valence-electron chi connectivity index (χ0n) is 13.2. The fourth-order valence-electron chi connectivity index (χ4n) is 2.37. The van der Waals surface area contributed by atoms with Crippen molar-refractivity contribution in [2.75, 3.05) is 31.5 Å². The molecular weight excluding hydrogens is 302 g/mol. The monoisotopic (exact) mass is 325 g/mol. The summed E-state index contributed by atoms with van der Waals surface area (Å²) in [4.78, 5) is 7.39. The van der Waals surface area contributed by atoms with Crippen LogP contribution in [0.1, 0.15) is 26.7 Å². The number of benzene rings is 1. The maximum Gasteiger partial charge on any atom is 0.290 e. The van der Waals surface area contributed by atoms with Gasteiger partial charge < -0.3 is 15.4 Å². The van der Waals surface area contributed by atoms with Crippen LogP contribution in [0, 0.1) is 5.21 Å². The Balaban J connectivity index is 0.00000242. The van der Waals surface area contributed by atoms with Gasteiger partial charge in [0.15, 0.2) is 0 Å².